The SMILES string of the molecule is CNCC(c1nc(Br)c2n1CCCC2)C(C)C. The summed E-state index contributed by atoms with van der Waals surface area (Å²) in [5, 5.41) is 3.30. The minimum Gasteiger partial charge on any atom is -0.331 e. The van der Waals surface area contributed by atoms with E-state index in [1.54, 1.807) is 0 Å². The molecule has 1 unspecified atom stereocenters. The van der Waals surface area contributed by atoms with Crippen LogP contribution in [0.15, 0.2) is 4.60 Å². The van der Waals surface area contributed by atoms with E-state index < -0.39 is 0 Å². The first kappa shape index (κ1) is 13.1. The lowest BCUT2D eigenvalue weighted by Crippen LogP contribution is -2.25. The van der Waals surface area contributed by atoms with Crippen LogP contribution in [0.4, 0.5) is 0 Å². The zero-order chi connectivity index (χ0) is 12.4. The summed E-state index contributed by atoms with van der Waals surface area (Å²) >= 11 is 3.62. The summed E-state index contributed by atoms with van der Waals surface area (Å²) in [7, 11) is 2.02. The average Bonchev–Trinajstić information content (AvgIpc) is 2.64. The smallest absolute Gasteiger partial charge is 0.127 e. The second-order valence-corrected chi connectivity index (χ2v) is 5.98. The predicted molar refractivity (Wildman–Crippen MR) is 74.4 cm³/mol. The number of hydrogen-bond acceptors (Lipinski definition) is 2. The highest BCUT2D eigenvalue weighted by molar-refractivity contribution is 9.10. The summed E-state index contributed by atoms with van der Waals surface area (Å²) < 4.78 is 3.50. The van der Waals surface area contributed by atoms with E-state index in [0.717, 1.165) is 24.1 Å². The highest BCUT2D eigenvalue weighted by atomic mass is 79.9. The Hall–Kier alpha value is -0.350. The molecule has 0 amide bonds. The van der Waals surface area contributed by atoms with Crippen LogP contribution >= 0.6 is 15.9 Å². The molecule has 0 spiro atoms. The Morgan fingerprint density at radius 1 is 1.41 bits per heavy atom. The third kappa shape index (κ3) is 2.58. The first-order valence-corrected chi connectivity index (χ1v) is 7.33. The molecule has 0 fully saturated rings. The van der Waals surface area contributed by atoms with Crippen molar-refractivity contribution >= 4 is 15.9 Å². The van der Waals surface area contributed by atoms with E-state index in [0.29, 0.717) is 11.8 Å². The molecule has 3 nitrogen and oxygen atoms in total. The monoisotopic (exact) mass is 299 g/mol. The standard InChI is InChI=1S/C13H22BrN3/c1-9(2)10(8-15-3)13-16-12(14)11-6-4-5-7-17(11)13/h9-10,15H,4-8H2,1-3H3. The number of nitrogens with one attached hydrogen (secondary N) is 1. The number of rotatable bonds is 4. The van der Waals surface area contributed by atoms with E-state index in [-0.39, 0.29) is 0 Å². The maximum absolute atomic E-state index is 4.77. The first-order chi connectivity index (χ1) is 8.15. The molecule has 2 rings (SSSR count). The lowest BCUT2D eigenvalue weighted by atomic mass is 9.94. The minimum absolute atomic E-state index is 0.503. The van der Waals surface area contributed by atoms with Crippen LogP contribution in [0.3, 0.4) is 0 Å². The van der Waals surface area contributed by atoms with Gasteiger partial charge in [0.15, 0.2) is 0 Å². The van der Waals surface area contributed by atoms with Crippen LogP contribution in [-0.4, -0.2) is 23.1 Å². The Morgan fingerprint density at radius 3 is 2.82 bits per heavy atom. The maximum atomic E-state index is 4.77. The van der Waals surface area contributed by atoms with Gasteiger partial charge in [-0.25, -0.2) is 4.98 Å². The molecule has 1 aliphatic rings. The molecule has 1 atom stereocenters. The summed E-state index contributed by atoms with van der Waals surface area (Å²) in [6.07, 6.45) is 3.74. The van der Waals surface area contributed by atoms with Gasteiger partial charge >= 0.3 is 0 Å². The molecule has 1 aromatic rings. The lowest BCUT2D eigenvalue weighted by molar-refractivity contribution is 0.420. The summed E-state index contributed by atoms with van der Waals surface area (Å²) in [5.41, 5.74) is 1.40. The van der Waals surface area contributed by atoms with E-state index in [1.165, 1.54) is 24.4 Å². The Kier molecular flexibility index (Phi) is 4.26. The molecule has 1 aromatic heterocycles. The second-order valence-electron chi connectivity index (χ2n) is 5.22. The molecular formula is C13H22BrN3. The van der Waals surface area contributed by atoms with Gasteiger partial charge in [0.05, 0.1) is 5.69 Å². The summed E-state index contributed by atoms with van der Waals surface area (Å²) in [6.45, 7) is 6.69. The summed E-state index contributed by atoms with van der Waals surface area (Å²) in [6, 6.07) is 0. The van der Waals surface area contributed by atoms with E-state index in [1.807, 2.05) is 7.05 Å². The van der Waals surface area contributed by atoms with Crippen molar-refractivity contribution in [3.63, 3.8) is 0 Å². The maximum Gasteiger partial charge on any atom is 0.127 e. The fraction of sp³-hybridized carbons (Fsp3) is 0.769. The van der Waals surface area contributed by atoms with Crippen LogP contribution < -0.4 is 5.32 Å². The molecular weight excluding hydrogens is 278 g/mol. The number of nitrogens with zero attached hydrogens (tertiary/aromatic N) is 2. The van der Waals surface area contributed by atoms with Gasteiger partial charge in [0, 0.05) is 19.0 Å². The van der Waals surface area contributed by atoms with Gasteiger partial charge in [-0.05, 0) is 48.2 Å². The molecule has 1 aliphatic heterocycles. The van der Waals surface area contributed by atoms with Crippen LogP contribution in [0.25, 0.3) is 0 Å². The van der Waals surface area contributed by atoms with Crippen molar-refractivity contribution in [1.82, 2.24) is 14.9 Å². The van der Waals surface area contributed by atoms with Crippen molar-refractivity contribution in [1.29, 1.82) is 0 Å². The van der Waals surface area contributed by atoms with Gasteiger partial charge in [-0.1, -0.05) is 13.8 Å². The lowest BCUT2D eigenvalue weighted by Gasteiger charge is -2.24. The zero-order valence-corrected chi connectivity index (χ0v) is 12.5. The summed E-state index contributed by atoms with van der Waals surface area (Å²) in [5.74, 6) is 2.38. The van der Waals surface area contributed by atoms with Crippen LogP contribution in [0.2, 0.25) is 0 Å². The Labute approximate surface area is 112 Å². The first-order valence-electron chi connectivity index (χ1n) is 6.54. The van der Waals surface area contributed by atoms with Crippen molar-refractivity contribution < 1.29 is 0 Å². The molecule has 0 saturated heterocycles. The number of aromatic nitrogens is 2. The average molecular weight is 300 g/mol. The minimum atomic E-state index is 0.503. The molecule has 2 heterocycles. The van der Waals surface area contributed by atoms with E-state index >= 15 is 0 Å². The number of imidazole rings is 1. The van der Waals surface area contributed by atoms with Gasteiger partial charge in [-0.2, -0.15) is 0 Å². The van der Waals surface area contributed by atoms with E-state index in [9.17, 15) is 0 Å². The van der Waals surface area contributed by atoms with Crippen molar-refractivity contribution in [2.24, 2.45) is 5.92 Å². The van der Waals surface area contributed by atoms with Gasteiger partial charge in [0.25, 0.3) is 0 Å². The van der Waals surface area contributed by atoms with Gasteiger partial charge in [-0.15, -0.1) is 0 Å². The van der Waals surface area contributed by atoms with E-state index in [2.05, 4.69) is 39.7 Å². The molecule has 0 aromatic carbocycles. The molecule has 0 bridgehead atoms. The van der Waals surface area contributed by atoms with E-state index in [4.69, 9.17) is 4.98 Å². The fourth-order valence-electron chi connectivity index (χ4n) is 2.65. The highest BCUT2D eigenvalue weighted by Gasteiger charge is 2.25. The quantitative estimate of drug-likeness (QED) is 0.926. The van der Waals surface area contributed by atoms with Crippen LogP contribution in [0.1, 0.15) is 44.1 Å². The van der Waals surface area contributed by atoms with Crippen molar-refractivity contribution in [2.45, 2.75) is 45.6 Å². The second kappa shape index (κ2) is 5.53. The number of hydrogen-bond donors (Lipinski definition) is 1. The normalized spacial score (nSPS) is 17.2. The fourth-order valence-corrected chi connectivity index (χ4v) is 3.25. The van der Waals surface area contributed by atoms with Crippen molar-refractivity contribution in [2.75, 3.05) is 13.6 Å². The number of halogens is 1. The third-order valence-electron chi connectivity index (χ3n) is 3.66. The van der Waals surface area contributed by atoms with Gasteiger partial charge in [0.2, 0.25) is 0 Å². The molecule has 4 heteroatoms. The predicted octanol–water partition coefficient (Wildman–Crippen LogP) is 2.94. The largest absolute Gasteiger partial charge is 0.331 e. The van der Waals surface area contributed by atoms with Gasteiger partial charge in [0.1, 0.15) is 10.4 Å². The molecule has 0 radical (unpaired) electrons. The third-order valence-corrected chi connectivity index (χ3v) is 4.29. The van der Waals surface area contributed by atoms with Crippen LogP contribution in [0.5, 0.6) is 0 Å². The van der Waals surface area contributed by atoms with Crippen molar-refractivity contribution in [3.8, 4) is 0 Å². The topological polar surface area (TPSA) is 29.9 Å². The van der Waals surface area contributed by atoms with Gasteiger partial charge in [-0.3, -0.25) is 0 Å². The Balaban J connectivity index is 2.36. The number of likely N-dealkylation sites (N-methyl/N-ethyl adjacent to an activating group) is 1. The molecule has 17 heavy (non-hydrogen) atoms. The summed E-state index contributed by atoms with van der Waals surface area (Å²) in [4.78, 5) is 4.77. The molecule has 0 aliphatic carbocycles. The molecule has 96 valence electrons. The Morgan fingerprint density at radius 2 is 2.18 bits per heavy atom. The highest BCUT2D eigenvalue weighted by Crippen LogP contribution is 2.31. The number of fused-ring (bicyclic) bond motifs is 1. The molecule has 0 saturated carbocycles. The van der Waals surface area contributed by atoms with Gasteiger partial charge < -0.3 is 9.88 Å². The Bertz CT molecular complexity index is 384. The van der Waals surface area contributed by atoms with Crippen molar-refractivity contribution in [3.05, 3.63) is 16.1 Å². The van der Waals surface area contributed by atoms with Crippen LogP contribution in [0, 0.1) is 5.92 Å². The zero-order valence-electron chi connectivity index (χ0n) is 11.0. The molecule has 1 N–H and O–H groups in total. The van der Waals surface area contributed by atoms with Crippen LogP contribution in [-0.2, 0) is 13.0 Å².